The Morgan fingerprint density at radius 3 is 2.56 bits per heavy atom. The van der Waals surface area contributed by atoms with E-state index in [-0.39, 0.29) is 30.9 Å². The summed E-state index contributed by atoms with van der Waals surface area (Å²) >= 11 is 0. The number of ether oxygens (including phenoxy) is 1. The summed E-state index contributed by atoms with van der Waals surface area (Å²) < 4.78 is 5.28. The number of hydrogen-bond acceptors (Lipinski definition) is 6. The zero-order chi connectivity index (χ0) is 22.8. The summed E-state index contributed by atoms with van der Waals surface area (Å²) in [6.45, 7) is 1.54. The standard InChI is InChI=1S/C23H32N4O5/c28-14-19(12-17-9-11-25-21(17)29)26-22(30)20(13-18-8-4-5-10-24-18)27-23(31)32-15-16-6-2-1-3-7-16/h1-3,6-7,14,17-20,24H,4-5,8-13,15H2,(H,25,29)(H,26,30)(H,27,31)/t17-,18+,19-,20-/m0/s1. The van der Waals surface area contributed by atoms with Crippen LogP contribution in [-0.2, 0) is 25.7 Å². The SMILES string of the molecule is O=C[C@H](C[C@@H]1CCNC1=O)NC(=O)[C@H](C[C@H]1CCCCN1)NC(=O)OCc1ccccc1. The molecule has 4 N–H and O–H groups in total. The molecule has 1 aromatic carbocycles. The van der Waals surface area contributed by atoms with E-state index >= 15 is 0 Å². The number of carbonyl (C=O) groups excluding carboxylic acids is 4. The average molecular weight is 445 g/mol. The van der Waals surface area contributed by atoms with Gasteiger partial charge in [0, 0.05) is 18.5 Å². The molecule has 0 aliphatic carbocycles. The van der Waals surface area contributed by atoms with Crippen molar-refractivity contribution in [1.29, 1.82) is 0 Å². The molecule has 2 heterocycles. The first-order valence-corrected chi connectivity index (χ1v) is 11.3. The summed E-state index contributed by atoms with van der Waals surface area (Å²) in [6.07, 6.45) is 4.27. The molecule has 3 rings (SSSR count). The van der Waals surface area contributed by atoms with Gasteiger partial charge >= 0.3 is 6.09 Å². The van der Waals surface area contributed by atoms with Crippen molar-refractivity contribution in [2.45, 2.75) is 63.3 Å². The lowest BCUT2D eigenvalue weighted by Crippen LogP contribution is -2.53. The zero-order valence-corrected chi connectivity index (χ0v) is 18.2. The molecule has 0 saturated carbocycles. The van der Waals surface area contributed by atoms with Gasteiger partial charge in [-0.2, -0.15) is 0 Å². The molecule has 0 aromatic heterocycles. The maximum atomic E-state index is 13.0. The molecule has 0 unspecified atom stereocenters. The van der Waals surface area contributed by atoms with Crippen LogP contribution < -0.4 is 21.3 Å². The number of hydrogen-bond donors (Lipinski definition) is 4. The van der Waals surface area contributed by atoms with Crippen LogP contribution in [0, 0.1) is 5.92 Å². The van der Waals surface area contributed by atoms with Crippen LogP contribution in [0.4, 0.5) is 4.79 Å². The second kappa shape index (κ2) is 12.2. The highest BCUT2D eigenvalue weighted by molar-refractivity contribution is 5.88. The van der Waals surface area contributed by atoms with Gasteiger partial charge in [0.25, 0.3) is 0 Å². The van der Waals surface area contributed by atoms with E-state index in [1.807, 2.05) is 30.3 Å². The van der Waals surface area contributed by atoms with Gasteiger partial charge in [-0.15, -0.1) is 0 Å². The summed E-state index contributed by atoms with van der Waals surface area (Å²) in [5.41, 5.74) is 0.841. The Morgan fingerprint density at radius 1 is 1.09 bits per heavy atom. The van der Waals surface area contributed by atoms with Gasteiger partial charge < -0.3 is 30.8 Å². The number of benzene rings is 1. The second-order valence-electron chi connectivity index (χ2n) is 8.40. The zero-order valence-electron chi connectivity index (χ0n) is 18.2. The van der Waals surface area contributed by atoms with Gasteiger partial charge in [-0.25, -0.2) is 4.79 Å². The summed E-state index contributed by atoms with van der Waals surface area (Å²) in [4.78, 5) is 48.8. The number of piperidine rings is 1. The number of alkyl carbamates (subject to hydrolysis) is 1. The van der Waals surface area contributed by atoms with Gasteiger partial charge in [0.15, 0.2) is 0 Å². The van der Waals surface area contributed by atoms with Gasteiger partial charge in [0.2, 0.25) is 11.8 Å². The summed E-state index contributed by atoms with van der Waals surface area (Å²) in [6, 6.07) is 7.71. The van der Waals surface area contributed by atoms with Crippen molar-refractivity contribution in [3.63, 3.8) is 0 Å². The van der Waals surface area contributed by atoms with Crippen molar-refractivity contribution in [1.82, 2.24) is 21.3 Å². The topological polar surface area (TPSA) is 126 Å². The highest BCUT2D eigenvalue weighted by Crippen LogP contribution is 2.16. The monoisotopic (exact) mass is 444 g/mol. The van der Waals surface area contributed by atoms with Gasteiger partial charge in [0.05, 0.1) is 6.04 Å². The highest BCUT2D eigenvalue weighted by atomic mass is 16.5. The molecule has 2 aliphatic rings. The Hall–Kier alpha value is -2.94. The number of nitrogens with one attached hydrogen (secondary N) is 4. The molecule has 0 spiro atoms. The van der Waals surface area contributed by atoms with Crippen LogP contribution in [0.15, 0.2) is 30.3 Å². The summed E-state index contributed by atoms with van der Waals surface area (Å²) in [5, 5.41) is 11.5. The number of carbonyl (C=O) groups is 4. The molecule has 3 amide bonds. The Kier molecular flexibility index (Phi) is 9.03. The Morgan fingerprint density at radius 2 is 1.91 bits per heavy atom. The van der Waals surface area contributed by atoms with Crippen molar-refractivity contribution in [3.05, 3.63) is 35.9 Å². The number of rotatable bonds is 10. The van der Waals surface area contributed by atoms with Crippen molar-refractivity contribution >= 4 is 24.2 Å². The fourth-order valence-corrected chi connectivity index (χ4v) is 4.16. The third-order valence-electron chi connectivity index (χ3n) is 5.95. The molecular formula is C23H32N4O5. The van der Waals surface area contributed by atoms with E-state index in [9.17, 15) is 19.2 Å². The van der Waals surface area contributed by atoms with Crippen molar-refractivity contribution in [3.8, 4) is 0 Å². The van der Waals surface area contributed by atoms with Crippen LogP contribution in [0.25, 0.3) is 0 Å². The molecule has 2 aliphatic heterocycles. The highest BCUT2D eigenvalue weighted by Gasteiger charge is 2.31. The molecule has 0 bridgehead atoms. The van der Waals surface area contributed by atoms with E-state index in [2.05, 4.69) is 21.3 Å². The predicted molar refractivity (Wildman–Crippen MR) is 118 cm³/mol. The van der Waals surface area contributed by atoms with E-state index < -0.39 is 24.1 Å². The van der Waals surface area contributed by atoms with Crippen LogP contribution in [0.2, 0.25) is 0 Å². The minimum atomic E-state index is -0.853. The lowest BCUT2D eigenvalue weighted by atomic mass is 9.96. The third-order valence-corrected chi connectivity index (χ3v) is 5.95. The Balaban J connectivity index is 1.58. The molecule has 1 aromatic rings. The van der Waals surface area contributed by atoms with Gasteiger partial charge in [-0.05, 0) is 44.2 Å². The van der Waals surface area contributed by atoms with Gasteiger partial charge in [-0.3, -0.25) is 9.59 Å². The van der Waals surface area contributed by atoms with Crippen molar-refractivity contribution in [2.75, 3.05) is 13.1 Å². The van der Waals surface area contributed by atoms with Crippen LogP contribution in [0.3, 0.4) is 0 Å². The smallest absolute Gasteiger partial charge is 0.408 e. The lowest BCUT2D eigenvalue weighted by molar-refractivity contribution is -0.127. The molecule has 2 saturated heterocycles. The van der Waals surface area contributed by atoms with E-state index in [1.54, 1.807) is 0 Å². The predicted octanol–water partition coefficient (Wildman–Crippen LogP) is 1.02. The molecule has 32 heavy (non-hydrogen) atoms. The Labute approximate surface area is 188 Å². The minimum Gasteiger partial charge on any atom is -0.445 e. The first-order valence-electron chi connectivity index (χ1n) is 11.3. The largest absolute Gasteiger partial charge is 0.445 e. The van der Waals surface area contributed by atoms with Crippen molar-refractivity contribution in [2.24, 2.45) is 5.92 Å². The lowest BCUT2D eigenvalue weighted by Gasteiger charge is -2.28. The summed E-state index contributed by atoms with van der Waals surface area (Å²) in [5.74, 6) is -0.853. The maximum Gasteiger partial charge on any atom is 0.408 e. The van der Waals surface area contributed by atoms with E-state index in [0.717, 1.165) is 31.4 Å². The molecular weight excluding hydrogens is 412 g/mol. The number of aldehydes is 1. The quantitative estimate of drug-likeness (QED) is 0.399. The number of amides is 3. The molecule has 0 radical (unpaired) electrons. The maximum absolute atomic E-state index is 13.0. The van der Waals surface area contributed by atoms with Crippen LogP contribution in [0.5, 0.6) is 0 Å². The van der Waals surface area contributed by atoms with Gasteiger partial charge in [-0.1, -0.05) is 36.8 Å². The van der Waals surface area contributed by atoms with E-state index in [1.165, 1.54) is 0 Å². The summed E-state index contributed by atoms with van der Waals surface area (Å²) in [7, 11) is 0. The van der Waals surface area contributed by atoms with Crippen LogP contribution in [-0.4, -0.2) is 55.4 Å². The van der Waals surface area contributed by atoms with Gasteiger partial charge in [0.1, 0.15) is 18.9 Å². The van der Waals surface area contributed by atoms with E-state index in [0.29, 0.717) is 25.7 Å². The first-order chi connectivity index (χ1) is 15.5. The molecule has 174 valence electrons. The minimum absolute atomic E-state index is 0.0872. The fraction of sp³-hybridized carbons (Fsp3) is 0.565. The van der Waals surface area contributed by atoms with Crippen LogP contribution >= 0.6 is 0 Å². The fourth-order valence-electron chi connectivity index (χ4n) is 4.16. The third kappa shape index (κ3) is 7.33. The normalized spacial score (nSPS) is 22.3. The first kappa shape index (κ1) is 23.7. The molecule has 2 fully saturated rings. The molecule has 9 nitrogen and oxygen atoms in total. The molecule has 9 heteroatoms. The average Bonchev–Trinajstić information content (AvgIpc) is 3.22. The van der Waals surface area contributed by atoms with Crippen molar-refractivity contribution < 1.29 is 23.9 Å². The second-order valence-corrected chi connectivity index (χ2v) is 8.40. The Bertz CT molecular complexity index is 782. The van der Waals surface area contributed by atoms with Crippen LogP contribution in [0.1, 0.15) is 44.1 Å². The molecule has 4 atom stereocenters. The van der Waals surface area contributed by atoms with E-state index in [4.69, 9.17) is 4.74 Å².